The van der Waals surface area contributed by atoms with Gasteiger partial charge in [0, 0.05) is 31.2 Å². The minimum Gasteiger partial charge on any atom is -0.378 e. The number of para-hydroxylation sites is 1. The van der Waals surface area contributed by atoms with Crippen molar-refractivity contribution in [2.24, 2.45) is 10.2 Å². The summed E-state index contributed by atoms with van der Waals surface area (Å²) in [4.78, 5) is 2.06. The summed E-state index contributed by atoms with van der Waals surface area (Å²) in [7, 11) is 4.04. The Kier molecular flexibility index (Phi) is 5.78. The maximum atomic E-state index is 4.12. The standard InChI is InChI=1S/C22H22N4/c1-26(2)22-14-10-19(11-15-22)17-24-23-16-18-8-12-21(13-9-18)25-20-6-4-3-5-7-20/h3-17,25H,1-2H3/b23-16+,24-17+. The minimum absolute atomic E-state index is 1.00. The first kappa shape index (κ1) is 17.4. The molecule has 0 aromatic heterocycles. The molecule has 0 heterocycles. The van der Waals surface area contributed by atoms with Crippen LogP contribution in [0.25, 0.3) is 0 Å². The van der Waals surface area contributed by atoms with Crippen molar-refractivity contribution >= 4 is 29.5 Å². The van der Waals surface area contributed by atoms with Gasteiger partial charge in [-0.3, -0.25) is 0 Å². The molecule has 0 spiro atoms. The molecule has 1 N–H and O–H groups in total. The summed E-state index contributed by atoms with van der Waals surface area (Å²) < 4.78 is 0. The Balaban J connectivity index is 1.56. The molecule has 0 amide bonds. The van der Waals surface area contributed by atoms with Gasteiger partial charge in [-0.05, 0) is 47.5 Å². The van der Waals surface area contributed by atoms with Gasteiger partial charge in [-0.1, -0.05) is 42.5 Å². The Morgan fingerprint density at radius 1 is 0.654 bits per heavy atom. The first-order chi connectivity index (χ1) is 12.7. The molecule has 3 aromatic carbocycles. The average molecular weight is 342 g/mol. The number of rotatable bonds is 6. The van der Waals surface area contributed by atoms with Crippen molar-refractivity contribution in [1.82, 2.24) is 0 Å². The molecule has 0 unspecified atom stereocenters. The second kappa shape index (κ2) is 8.62. The molecule has 26 heavy (non-hydrogen) atoms. The zero-order valence-corrected chi connectivity index (χ0v) is 15.0. The molecule has 130 valence electrons. The van der Waals surface area contributed by atoms with Crippen molar-refractivity contribution < 1.29 is 0 Å². The molecule has 0 bridgehead atoms. The Morgan fingerprint density at radius 2 is 1.15 bits per heavy atom. The molecule has 0 aliphatic heterocycles. The van der Waals surface area contributed by atoms with E-state index in [2.05, 4.69) is 32.6 Å². The van der Waals surface area contributed by atoms with Gasteiger partial charge in [0.15, 0.2) is 0 Å². The van der Waals surface area contributed by atoms with Crippen LogP contribution in [0.5, 0.6) is 0 Å². The largest absolute Gasteiger partial charge is 0.378 e. The predicted octanol–water partition coefficient (Wildman–Crippen LogP) is 4.95. The van der Waals surface area contributed by atoms with Gasteiger partial charge in [0.25, 0.3) is 0 Å². The van der Waals surface area contributed by atoms with Gasteiger partial charge in [-0.15, -0.1) is 0 Å². The fourth-order valence-corrected chi connectivity index (χ4v) is 2.40. The Morgan fingerprint density at radius 3 is 1.69 bits per heavy atom. The van der Waals surface area contributed by atoms with E-state index in [0.29, 0.717) is 0 Å². The maximum Gasteiger partial charge on any atom is 0.0568 e. The summed E-state index contributed by atoms with van der Waals surface area (Å²) >= 11 is 0. The fourth-order valence-electron chi connectivity index (χ4n) is 2.40. The number of hydrogen-bond donors (Lipinski definition) is 1. The lowest BCUT2D eigenvalue weighted by Crippen LogP contribution is -2.08. The Labute approximate surface area is 154 Å². The molecule has 0 aliphatic carbocycles. The molecule has 4 heteroatoms. The van der Waals surface area contributed by atoms with E-state index in [-0.39, 0.29) is 0 Å². The summed E-state index contributed by atoms with van der Waals surface area (Å²) in [6.07, 6.45) is 3.50. The highest BCUT2D eigenvalue weighted by Crippen LogP contribution is 2.16. The van der Waals surface area contributed by atoms with Crippen LogP contribution in [0.15, 0.2) is 89.1 Å². The molecule has 0 radical (unpaired) electrons. The monoisotopic (exact) mass is 342 g/mol. The molecule has 4 nitrogen and oxygen atoms in total. The van der Waals surface area contributed by atoms with Gasteiger partial charge in [-0.25, -0.2) is 0 Å². The molecule has 0 saturated carbocycles. The minimum atomic E-state index is 1.00. The Hall–Kier alpha value is -3.40. The van der Waals surface area contributed by atoms with E-state index in [0.717, 1.165) is 28.2 Å². The van der Waals surface area contributed by atoms with Crippen LogP contribution in [-0.4, -0.2) is 26.5 Å². The molecule has 0 atom stereocenters. The van der Waals surface area contributed by atoms with E-state index in [1.54, 1.807) is 12.4 Å². The van der Waals surface area contributed by atoms with Crippen LogP contribution in [0.4, 0.5) is 17.1 Å². The molecular weight excluding hydrogens is 320 g/mol. The van der Waals surface area contributed by atoms with Crippen LogP contribution in [-0.2, 0) is 0 Å². The summed E-state index contributed by atoms with van der Waals surface area (Å²) in [6, 6.07) is 26.3. The molecule has 3 aromatic rings. The zero-order valence-electron chi connectivity index (χ0n) is 15.0. The molecule has 0 fully saturated rings. The highest BCUT2D eigenvalue weighted by atomic mass is 15.2. The van der Waals surface area contributed by atoms with Gasteiger partial charge in [0.2, 0.25) is 0 Å². The highest BCUT2D eigenvalue weighted by molar-refractivity contribution is 5.83. The number of nitrogens with zero attached hydrogens (tertiary/aromatic N) is 3. The molecule has 0 aliphatic rings. The second-order valence-electron chi connectivity index (χ2n) is 6.09. The third-order valence-corrected chi connectivity index (χ3v) is 3.86. The summed E-state index contributed by atoms with van der Waals surface area (Å²) in [5, 5.41) is 11.6. The summed E-state index contributed by atoms with van der Waals surface area (Å²) in [6.45, 7) is 0. The predicted molar refractivity (Wildman–Crippen MR) is 112 cm³/mol. The fraction of sp³-hybridized carbons (Fsp3) is 0.0909. The van der Waals surface area contributed by atoms with E-state index in [9.17, 15) is 0 Å². The average Bonchev–Trinajstić information content (AvgIpc) is 2.68. The van der Waals surface area contributed by atoms with E-state index < -0.39 is 0 Å². The first-order valence-corrected chi connectivity index (χ1v) is 8.47. The van der Waals surface area contributed by atoms with Crippen molar-refractivity contribution in [2.45, 2.75) is 0 Å². The summed E-state index contributed by atoms with van der Waals surface area (Å²) in [5.41, 5.74) is 5.30. The van der Waals surface area contributed by atoms with Crippen LogP contribution in [0.2, 0.25) is 0 Å². The topological polar surface area (TPSA) is 40.0 Å². The maximum absolute atomic E-state index is 4.12. The van der Waals surface area contributed by atoms with Gasteiger partial charge in [0.1, 0.15) is 0 Å². The van der Waals surface area contributed by atoms with Gasteiger partial charge in [0.05, 0.1) is 12.4 Å². The lowest BCUT2D eigenvalue weighted by Gasteiger charge is -2.11. The van der Waals surface area contributed by atoms with E-state index in [1.165, 1.54) is 0 Å². The van der Waals surface area contributed by atoms with E-state index in [1.807, 2.05) is 80.8 Å². The number of anilines is 3. The van der Waals surface area contributed by atoms with Crippen molar-refractivity contribution in [1.29, 1.82) is 0 Å². The van der Waals surface area contributed by atoms with Crippen LogP contribution in [0.3, 0.4) is 0 Å². The smallest absolute Gasteiger partial charge is 0.0568 e. The van der Waals surface area contributed by atoms with E-state index >= 15 is 0 Å². The lowest BCUT2D eigenvalue weighted by atomic mass is 10.2. The zero-order chi connectivity index (χ0) is 18.2. The molecule has 3 rings (SSSR count). The lowest BCUT2D eigenvalue weighted by molar-refractivity contribution is 1.13. The van der Waals surface area contributed by atoms with Crippen molar-refractivity contribution in [3.05, 3.63) is 90.0 Å². The number of hydrogen-bond acceptors (Lipinski definition) is 4. The molecule has 0 saturated heterocycles. The van der Waals surface area contributed by atoms with Gasteiger partial charge < -0.3 is 10.2 Å². The van der Waals surface area contributed by atoms with E-state index in [4.69, 9.17) is 0 Å². The summed E-state index contributed by atoms with van der Waals surface area (Å²) in [5.74, 6) is 0. The number of benzene rings is 3. The third kappa shape index (κ3) is 5.05. The van der Waals surface area contributed by atoms with Crippen LogP contribution in [0.1, 0.15) is 11.1 Å². The Bertz CT molecular complexity index is 864. The quantitative estimate of drug-likeness (QED) is 0.508. The van der Waals surface area contributed by atoms with Gasteiger partial charge >= 0.3 is 0 Å². The van der Waals surface area contributed by atoms with Crippen molar-refractivity contribution in [3.8, 4) is 0 Å². The first-order valence-electron chi connectivity index (χ1n) is 8.47. The van der Waals surface area contributed by atoms with Crippen LogP contribution in [0, 0.1) is 0 Å². The third-order valence-electron chi connectivity index (χ3n) is 3.86. The molecular formula is C22H22N4. The van der Waals surface area contributed by atoms with Crippen LogP contribution < -0.4 is 10.2 Å². The normalized spacial score (nSPS) is 11.2. The van der Waals surface area contributed by atoms with Crippen molar-refractivity contribution in [2.75, 3.05) is 24.3 Å². The SMILES string of the molecule is CN(C)c1ccc(/C=N/N=C/c2ccc(Nc3ccccc3)cc2)cc1. The van der Waals surface area contributed by atoms with Crippen LogP contribution >= 0.6 is 0 Å². The second-order valence-corrected chi connectivity index (χ2v) is 6.09. The van der Waals surface area contributed by atoms with Gasteiger partial charge in [-0.2, -0.15) is 10.2 Å². The number of nitrogens with one attached hydrogen (secondary N) is 1. The van der Waals surface area contributed by atoms with Crippen molar-refractivity contribution in [3.63, 3.8) is 0 Å². The highest BCUT2D eigenvalue weighted by Gasteiger charge is 1.95.